The fraction of sp³-hybridized carbons (Fsp3) is 0.375. The van der Waals surface area contributed by atoms with Gasteiger partial charge >= 0.3 is 19.3 Å². The lowest BCUT2D eigenvalue weighted by molar-refractivity contribution is 0.00578. The summed E-state index contributed by atoms with van der Waals surface area (Å²) in [5, 5.41) is 3.41. The second kappa shape index (κ2) is 30.8. The molecule has 526 valence electrons. The summed E-state index contributed by atoms with van der Waals surface area (Å²) >= 11 is 3.58. The van der Waals surface area contributed by atoms with Crippen LogP contribution in [0.2, 0.25) is 0 Å². The Kier molecular flexibility index (Phi) is 22.4. The van der Waals surface area contributed by atoms with Crippen LogP contribution in [0.3, 0.4) is 0 Å². The summed E-state index contributed by atoms with van der Waals surface area (Å²) in [6.45, 7) is 29.1. The monoisotopic (exact) mass is 1440 g/mol. The largest absolute Gasteiger partial charge is 0.496 e. The van der Waals surface area contributed by atoms with Gasteiger partial charge in [0.25, 0.3) is 0 Å². The highest BCUT2D eigenvalue weighted by Gasteiger charge is 2.52. The first-order chi connectivity index (χ1) is 47.5. The van der Waals surface area contributed by atoms with Crippen molar-refractivity contribution in [1.82, 2.24) is 45.0 Å². The van der Waals surface area contributed by atoms with Crippen molar-refractivity contribution in [1.29, 1.82) is 0 Å². The number of nitrogens with one attached hydrogen (secondary N) is 1. The minimum atomic E-state index is -0.477. The molecule has 21 heteroatoms. The number of amides is 2. The summed E-state index contributed by atoms with van der Waals surface area (Å²) in [5.41, 5.74) is 22.3. The highest BCUT2D eigenvalue weighted by Crippen LogP contribution is 2.45. The van der Waals surface area contributed by atoms with E-state index in [4.69, 9.17) is 18.8 Å². The Balaban J connectivity index is 0.000000139. The van der Waals surface area contributed by atoms with Gasteiger partial charge in [0, 0.05) is 173 Å². The molecule has 7 aliphatic rings. The van der Waals surface area contributed by atoms with Crippen LogP contribution in [0.4, 0.5) is 26.7 Å². The summed E-state index contributed by atoms with van der Waals surface area (Å²) in [5.74, 6) is 0. The van der Waals surface area contributed by atoms with Gasteiger partial charge in [-0.05, 0) is 150 Å². The predicted octanol–water partition coefficient (Wildman–Crippen LogP) is 14.8. The number of carbonyl (C=O) groups is 2. The van der Waals surface area contributed by atoms with Gasteiger partial charge in [0.05, 0.1) is 63.9 Å². The third-order valence-electron chi connectivity index (χ3n) is 19.4. The van der Waals surface area contributed by atoms with Gasteiger partial charge in [0.2, 0.25) is 0 Å². The number of benzene rings is 3. The van der Waals surface area contributed by atoms with E-state index in [1.54, 1.807) is 16.0 Å². The predicted molar refractivity (Wildman–Crippen MR) is 411 cm³/mol. The highest BCUT2D eigenvalue weighted by atomic mass is 79.9. The Morgan fingerprint density at radius 3 is 1.27 bits per heavy atom. The molecule has 0 spiro atoms. The second-order valence-electron chi connectivity index (χ2n) is 29.1. The van der Waals surface area contributed by atoms with Gasteiger partial charge < -0.3 is 48.6 Å². The average molecular weight is 1440 g/mol. The third-order valence-corrected chi connectivity index (χ3v) is 20.0. The topological polar surface area (TPSA) is 177 Å². The molecule has 4 aliphatic heterocycles. The van der Waals surface area contributed by atoms with Crippen molar-refractivity contribution >= 4 is 70.2 Å². The molecule has 101 heavy (non-hydrogen) atoms. The number of piperazine rings is 3. The molecule has 9 aromatic rings. The molecule has 18 nitrogen and oxygen atoms in total. The van der Waals surface area contributed by atoms with Crippen LogP contribution in [0.25, 0.3) is 55.6 Å². The molecule has 16 rings (SSSR count). The zero-order valence-corrected chi connectivity index (χ0v) is 61.3. The molecule has 2 amide bonds. The SMILES string of the molecule is Brc1ccnc2c1-c1ccccc1C2.C.CC(C)(C)OC(=O)N1CCN(c2cncc(-c3ccnc4c3-c3ccccc3C4)c2)CC1.CC(C)(C)OC(=O)N1CCN(c2cncc(B3OC(C)(C)C(C)(C)O3)c2)CC1.Cl.c1ccc2c(c1)Cc1nccc(-c3cncc(N4CCNCC4)c3)c1-2. The molecule has 10 heterocycles. The van der Waals surface area contributed by atoms with Crippen LogP contribution in [-0.4, -0.2) is 160 Å². The molecule has 3 aromatic carbocycles. The van der Waals surface area contributed by atoms with Gasteiger partial charge in [0.15, 0.2) is 0 Å². The minimum Gasteiger partial charge on any atom is -0.444 e. The number of carbonyl (C=O) groups excluding carboxylic acids is 2. The first-order valence-electron chi connectivity index (χ1n) is 34.5. The minimum absolute atomic E-state index is 0. The molecule has 4 fully saturated rings. The first-order valence-corrected chi connectivity index (χ1v) is 35.3. The molecular formula is C80H93BBrClN12O6. The molecular weight excluding hydrogens is 1350 g/mol. The van der Waals surface area contributed by atoms with Crippen LogP contribution in [-0.2, 0) is 38.0 Å². The molecule has 3 aliphatic carbocycles. The van der Waals surface area contributed by atoms with E-state index in [9.17, 15) is 9.59 Å². The fourth-order valence-electron chi connectivity index (χ4n) is 13.6. The maximum atomic E-state index is 12.4. The Morgan fingerprint density at radius 2 is 0.842 bits per heavy atom. The third kappa shape index (κ3) is 16.6. The van der Waals surface area contributed by atoms with E-state index in [0.29, 0.717) is 26.2 Å². The quantitative estimate of drug-likeness (QED) is 0.155. The van der Waals surface area contributed by atoms with Crippen molar-refractivity contribution in [2.45, 2.75) is 118 Å². The lowest BCUT2D eigenvalue weighted by Crippen LogP contribution is -2.50. The number of fused-ring (bicyclic) bond motifs is 9. The summed E-state index contributed by atoms with van der Waals surface area (Å²) in [6.07, 6.45) is 19.4. The van der Waals surface area contributed by atoms with Crippen LogP contribution < -0.4 is 25.5 Å². The Labute approximate surface area is 610 Å². The standard InChI is InChI=1S/C26H28N4O2.C21H20N4.C20H32BN3O4.C12H8BrN.CH4.ClH/c1-26(2,3)32-25(31)30-12-10-29(11-13-30)20-14-19(16-27-17-20)22-8-9-28-23-15-18-6-4-5-7-21(18)24(22)23;1-2-4-18-15(3-1)12-20-21(18)19(5-6-24-20)16-11-17(14-23-13-16)25-9-7-22-8-10-25;1-18(2,3)26-17(25)24-10-8-23(9-11-24)16-12-15(13-22-14-16)21-27-19(4,5)20(6,7)28-21;13-10-5-6-14-11-7-8-3-1-2-4-9(8)12(10)11;;/h4-9,14,16-17H,10-13,15H2,1-3H3;1-6,11,13-14,22H,7-10,12H2;12-14H,8-11H2,1-7H3;1-6H,7H2;1H4;1H. The average Bonchev–Trinajstić information content (AvgIpc) is 1.63. The number of rotatable bonds is 6. The molecule has 4 saturated heterocycles. The van der Waals surface area contributed by atoms with Crippen LogP contribution in [0, 0.1) is 0 Å². The van der Waals surface area contributed by atoms with Crippen molar-refractivity contribution in [3.05, 3.63) is 203 Å². The molecule has 0 unspecified atom stereocenters. The van der Waals surface area contributed by atoms with E-state index in [-0.39, 0.29) is 43.2 Å². The lowest BCUT2D eigenvalue weighted by atomic mass is 9.80. The van der Waals surface area contributed by atoms with Crippen LogP contribution in [0.1, 0.15) is 110 Å². The Bertz CT molecular complexity index is 4410. The van der Waals surface area contributed by atoms with Crippen LogP contribution in [0.15, 0.2) is 169 Å². The van der Waals surface area contributed by atoms with Gasteiger partial charge in [-0.25, -0.2) is 9.59 Å². The van der Waals surface area contributed by atoms with Gasteiger partial charge in [-0.15, -0.1) is 12.4 Å². The maximum Gasteiger partial charge on any atom is 0.496 e. The van der Waals surface area contributed by atoms with Crippen LogP contribution >= 0.6 is 28.3 Å². The van der Waals surface area contributed by atoms with Crippen molar-refractivity contribution in [3.8, 4) is 55.6 Å². The van der Waals surface area contributed by atoms with Gasteiger partial charge in [-0.3, -0.25) is 29.9 Å². The van der Waals surface area contributed by atoms with E-state index >= 15 is 0 Å². The molecule has 0 bridgehead atoms. The highest BCUT2D eigenvalue weighted by molar-refractivity contribution is 9.10. The number of nitrogens with zero attached hydrogens (tertiary/aromatic N) is 11. The molecule has 1 N–H and O–H groups in total. The van der Waals surface area contributed by atoms with E-state index in [0.717, 1.165) is 104 Å². The Hall–Kier alpha value is -8.79. The number of aromatic nitrogens is 6. The van der Waals surface area contributed by atoms with Crippen molar-refractivity contribution < 1.29 is 28.4 Å². The smallest absolute Gasteiger partial charge is 0.444 e. The summed E-state index contributed by atoms with van der Waals surface area (Å²) in [7, 11) is -0.430. The first kappa shape index (κ1) is 73.4. The fourth-order valence-corrected chi connectivity index (χ4v) is 14.2. The van der Waals surface area contributed by atoms with Crippen molar-refractivity contribution in [2.75, 3.05) is 93.2 Å². The number of anilines is 3. The zero-order valence-electron chi connectivity index (χ0n) is 58.9. The summed E-state index contributed by atoms with van der Waals surface area (Å²) < 4.78 is 24.4. The van der Waals surface area contributed by atoms with Crippen molar-refractivity contribution in [2.24, 2.45) is 0 Å². The zero-order chi connectivity index (χ0) is 69.2. The van der Waals surface area contributed by atoms with Crippen LogP contribution in [0.5, 0.6) is 0 Å². The van der Waals surface area contributed by atoms with E-state index < -0.39 is 18.3 Å². The molecule has 0 saturated carbocycles. The maximum absolute atomic E-state index is 12.4. The number of halogens is 2. The second-order valence-corrected chi connectivity index (χ2v) is 29.9. The van der Waals surface area contributed by atoms with Gasteiger partial charge in [0.1, 0.15) is 11.2 Å². The summed E-state index contributed by atoms with van der Waals surface area (Å²) in [4.78, 5) is 62.2. The van der Waals surface area contributed by atoms with E-state index in [1.165, 1.54) is 83.8 Å². The number of hydrogen-bond donors (Lipinski definition) is 1. The number of hydrogen-bond acceptors (Lipinski definition) is 16. The molecule has 6 aromatic heterocycles. The lowest BCUT2D eigenvalue weighted by Gasteiger charge is -2.36. The van der Waals surface area contributed by atoms with E-state index in [2.05, 4.69) is 169 Å². The molecule has 0 radical (unpaired) electrons. The molecule has 0 atom stereocenters. The van der Waals surface area contributed by atoms with Gasteiger partial charge in [-0.2, -0.15) is 0 Å². The number of ether oxygens (including phenoxy) is 2. The Morgan fingerprint density at radius 1 is 0.475 bits per heavy atom. The normalized spacial score (nSPS) is 16.5. The number of pyridine rings is 6. The van der Waals surface area contributed by atoms with Crippen molar-refractivity contribution in [3.63, 3.8) is 0 Å². The van der Waals surface area contributed by atoms with E-state index in [1.807, 2.05) is 125 Å². The summed E-state index contributed by atoms with van der Waals surface area (Å²) in [6, 6.07) is 38.4. The van der Waals surface area contributed by atoms with Gasteiger partial charge in [-0.1, -0.05) is 96.2 Å².